The van der Waals surface area contributed by atoms with E-state index in [1.54, 1.807) is 25.3 Å². The van der Waals surface area contributed by atoms with Gasteiger partial charge in [-0.15, -0.1) is 11.3 Å². The average molecular weight is 332 g/mol. The Kier molecular flexibility index (Phi) is 4.52. The largest absolute Gasteiger partial charge is 0.497 e. The first kappa shape index (κ1) is 15.8. The third-order valence-corrected chi connectivity index (χ3v) is 4.96. The maximum Gasteiger partial charge on any atom is 0.232 e. The lowest BCUT2D eigenvalue weighted by Gasteiger charge is -2.21. The summed E-state index contributed by atoms with van der Waals surface area (Å²) in [5.41, 5.74) is 0.935. The van der Waals surface area contributed by atoms with Crippen molar-refractivity contribution < 1.29 is 14.3 Å². The Morgan fingerprint density at radius 2 is 2.17 bits per heavy atom. The minimum absolute atomic E-state index is 0.114. The first-order valence-corrected chi connectivity index (χ1v) is 8.43. The number of nitrogens with zero attached hydrogens (tertiary/aromatic N) is 2. The number of ether oxygens (including phenoxy) is 2. The van der Waals surface area contributed by atoms with Gasteiger partial charge in [-0.25, -0.2) is 4.98 Å². The molecular formula is C17H20N2O3S. The molecule has 0 N–H and O–H groups in total. The number of carbonyl (C=O) groups is 1. The molecule has 6 heteroatoms. The topological polar surface area (TPSA) is 51.7 Å². The van der Waals surface area contributed by atoms with Crippen LogP contribution in [0.2, 0.25) is 0 Å². The second-order valence-corrected chi connectivity index (χ2v) is 6.61. The van der Waals surface area contributed by atoms with Crippen molar-refractivity contribution in [2.45, 2.75) is 19.9 Å². The van der Waals surface area contributed by atoms with E-state index in [-0.39, 0.29) is 11.8 Å². The highest BCUT2D eigenvalue weighted by atomic mass is 32.1. The molecule has 0 radical (unpaired) electrons. The number of methoxy groups -OCH3 is 2. The molecule has 2 aromatic rings. The van der Waals surface area contributed by atoms with Gasteiger partial charge >= 0.3 is 0 Å². The number of aromatic nitrogens is 1. The van der Waals surface area contributed by atoms with E-state index < -0.39 is 0 Å². The summed E-state index contributed by atoms with van der Waals surface area (Å²) < 4.78 is 10.7. The molecule has 1 aliphatic carbocycles. The molecule has 1 aliphatic rings. The van der Waals surface area contributed by atoms with E-state index >= 15 is 0 Å². The van der Waals surface area contributed by atoms with E-state index in [1.807, 2.05) is 23.6 Å². The molecule has 0 unspecified atom stereocenters. The van der Waals surface area contributed by atoms with Crippen molar-refractivity contribution in [1.29, 1.82) is 0 Å². The summed E-state index contributed by atoms with van der Waals surface area (Å²) in [7, 11) is 3.24. The molecule has 0 aliphatic heterocycles. The number of thiazole rings is 1. The lowest BCUT2D eigenvalue weighted by atomic mass is 10.1. The molecule has 1 saturated carbocycles. The van der Waals surface area contributed by atoms with E-state index in [0.29, 0.717) is 18.2 Å². The lowest BCUT2D eigenvalue weighted by molar-refractivity contribution is -0.120. The molecule has 3 rings (SSSR count). The van der Waals surface area contributed by atoms with Gasteiger partial charge in [0.15, 0.2) is 5.13 Å². The van der Waals surface area contributed by atoms with Gasteiger partial charge in [0.2, 0.25) is 5.91 Å². The van der Waals surface area contributed by atoms with Crippen molar-refractivity contribution in [2.75, 3.05) is 19.1 Å². The summed E-state index contributed by atoms with van der Waals surface area (Å²) in [5.74, 6) is 2.16. The Hall–Kier alpha value is -2.08. The van der Waals surface area contributed by atoms with E-state index in [9.17, 15) is 4.79 Å². The van der Waals surface area contributed by atoms with Crippen LogP contribution in [0.15, 0.2) is 29.8 Å². The molecular weight excluding hydrogens is 312 g/mol. The zero-order chi connectivity index (χ0) is 16.4. The second-order valence-electron chi connectivity index (χ2n) is 5.74. The molecule has 0 spiro atoms. The van der Waals surface area contributed by atoms with Crippen LogP contribution in [0.3, 0.4) is 0 Å². The number of benzene rings is 1. The number of amides is 1. The highest BCUT2D eigenvalue weighted by Gasteiger charge is 2.42. The fourth-order valence-electron chi connectivity index (χ4n) is 2.61. The van der Waals surface area contributed by atoms with E-state index in [4.69, 9.17) is 9.47 Å². The molecule has 0 bridgehead atoms. The molecule has 1 amide bonds. The summed E-state index contributed by atoms with van der Waals surface area (Å²) in [6.45, 7) is 2.55. The van der Waals surface area contributed by atoms with Crippen LogP contribution in [0.1, 0.15) is 18.9 Å². The van der Waals surface area contributed by atoms with Gasteiger partial charge in [-0.05, 0) is 24.5 Å². The lowest BCUT2D eigenvalue weighted by Crippen LogP contribution is -2.32. The fraction of sp³-hybridized carbons (Fsp3) is 0.412. The number of carbonyl (C=O) groups excluding carboxylic acids is 1. The van der Waals surface area contributed by atoms with Crippen molar-refractivity contribution in [3.05, 3.63) is 35.3 Å². The van der Waals surface area contributed by atoms with E-state index in [2.05, 4.69) is 11.9 Å². The van der Waals surface area contributed by atoms with Crippen LogP contribution in [0.4, 0.5) is 5.13 Å². The van der Waals surface area contributed by atoms with Crippen LogP contribution in [-0.4, -0.2) is 25.1 Å². The molecule has 1 aromatic carbocycles. The quantitative estimate of drug-likeness (QED) is 0.814. The van der Waals surface area contributed by atoms with Crippen LogP contribution in [0, 0.1) is 11.8 Å². The molecule has 122 valence electrons. The summed E-state index contributed by atoms with van der Waals surface area (Å²) in [6.07, 6.45) is 2.68. The Morgan fingerprint density at radius 3 is 2.74 bits per heavy atom. The Labute approximate surface area is 139 Å². The second kappa shape index (κ2) is 6.58. The molecule has 1 aromatic heterocycles. The smallest absolute Gasteiger partial charge is 0.232 e. The van der Waals surface area contributed by atoms with Gasteiger partial charge in [-0.1, -0.05) is 6.92 Å². The van der Waals surface area contributed by atoms with Gasteiger partial charge in [0.05, 0.1) is 20.8 Å². The van der Waals surface area contributed by atoms with Gasteiger partial charge < -0.3 is 9.47 Å². The standard InChI is InChI=1S/C17H20N2O3S/c1-11-8-14(11)16(20)19(17-18-6-7-23-17)10-12-4-5-13(21-2)9-15(12)22-3/h4-7,9,11,14H,8,10H2,1-3H3/t11-,14-/m1/s1. The van der Waals surface area contributed by atoms with Crippen LogP contribution in [-0.2, 0) is 11.3 Å². The minimum Gasteiger partial charge on any atom is -0.497 e. The Balaban J connectivity index is 1.88. The summed E-state index contributed by atoms with van der Waals surface area (Å²) in [4.78, 5) is 18.9. The average Bonchev–Trinajstić information content (AvgIpc) is 3.07. The monoisotopic (exact) mass is 332 g/mol. The van der Waals surface area contributed by atoms with Crippen LogP contribution >= 0.6 is 11.3 Å². The Bertz CT molecular complexity index is 687. The number of hydrogen-bond acceptors (Lipinski definition) is 5. The van der Waals surface area contributed by atoms with Crippen molar-refractivity contribution in [2.24, 2.45) is 11.8 Å². The number of hydrogen-bond donors (Lipinski definition) is 0. The predicted octanol–water partition coefficient (Wildman–Crippen LogP) is 3.35. The van der Waals surface area contributed by atoms with Gasteiger partial charge in [0.1, 0.15) is 11.5 Å². The Morgan fingerprint density at radius 1 is 1.39 bits per heavy atom. The minimum atomic E-state index is 0.114. The zero-order valence-electron chi connectivity index (χ0n) is 13.5. The zero-order valence-corrected chi connectivity index (χ0v) is 14.3. The van der Waals surface area contributed by atoms with E-state index in [0.717, 1.165) is 22.9 Å². The molecule has 23 heavy (non-hydrogen) atoms. The van der Waals surface area contributed by atoms with Gasteiger partial charge in [0, 0.05) is 29.1 Å². The highest BCUT2D eigenvalue weighted by molar-refractivity contribution is 7.13. The third-order valence-electron chi connectivity index (χ3n) is 4.17. The molecule has 5 nitrogen and oxygen atoms in total. The first-order chi connectivity index (χ1) is 11.1. The van der Waals surface area contributed by atoms with Crippen LogP contribution < -0.4 is 14.4 Å². The fourth-order valence-corrected chi connectivity index (χ4v) is 3.26. The van der Waals surface area contributed by atoms with Gasteiger partial charge in [-0.3, -0.25) is 9.69 Å². The first-order valence-electron chi connectivity index (χ1n) is 7.55. The molecule has 1 heterocycles. The van der Waals surface area contributed by atoms with Crippen LogP contribution in [0.5, 0.6) is 11.5 Å². The van der Waals surface area contributed by atoms with Crippen LogP contribution in [0.25, 0.3) is 0 Å². The van der Waals surface area contributed by atoms with Gasteiger partial charge in [0.25, 0.3) is 0 Å². The summed E-state index contributed by atoms with van der Waals surface area (Å²) in [5, 5.41) is 2.61. The van der Waals surface area contributed by atoms with Gasteiger partial charge in [-0.2, -0.15) is 0 Å². The predicted molar refractivity (Wildman–Crippen MR) is 90.1 cm³/mol. The SMILES string of the molecule is COc1ccc(CN(C(=O)[C@@H]2C[C@H]2C)c2nccs2)c(OC)c1. The van der Waals surface area contributed by atoms with Crippen molar-refractivity contribution >= 4 is 22.4 Å². The number of rotatable bonds is 6. The summed E-state index contributed by atoms with van der Waals surface area (Å²) in [6, 6.07) is 5.64. The summed E-state index contributed by atoms with van der Waals surface area (Å²) >= 11 is 1.47. The maximum absolute atomic E-state index is 12.8. The normalized spacial score (nSPS) is 19.3. The molecule has 1 fully saturated rings. The molecule has 2 atom stereocenters. The molecule has 0 saturated heterocycles. The third kappa shape index (κ3) is 3.32. The van der Waals surface area contributed by atoms with Crippen molar-refractivity contribution in [1.82, 2.24) is 4.98 Å². The number of anilines is 1. The maximum atomic E-state index is 12.8. The van der Waals surface area contributed by atoms with Crippen molar-refractivity contribution in [3.63, 3.8) is 0 Å². The highest BCUT2D eigenvalue weighted by Crippen LogP contribution is 2.41. The van der Waals surface area contributed by atoms with E-state index in [1.165, 1.54) is 11.3 Å². The van der Waals surface area contributed by atoms with Crippen molar-refractivity contribution in [3.8, 4) is 11.5 Å².